The Balaban J connectivity index is 1.51. The zero-order chi connectivity index (χ0) is 19.5. The number of amides is 2. The van der Waals surface area contributed by atoms with E-state index in [2.05, 4.69) is 15.3 Å². The number of para-hydroxylation sites is 1. The van der Waals surface area contributed by atoms with Crippen LogP contribution in [-0.2, 0) is 4.79 Å². The maximum Gasteiger partial charge on any atom is 0.261 e. The summed E-state index contributed by atoms with van der Waals surface area (Å²) in [6.45, 7) is 2.40. The molecule has 1 N–H and O–H groups in total. The summed E-state index contributed by atoms with van der Waals surface area (Å²) < 4.78 is 5.62. The number of hydrogen-bond donors (Lipinski definition) is 1. The second-order valence-electron chi connectivity index (χ2n) is 7.31. The molecule has 28 heavy (non-hydrogen) atoms. The van der Waals surface area contributed by atoms with Crippen LogP contribution in [0, 0.1) is 6.92 Å². The molecule has 0 radical (unpaired) electrons. The molecule has 1 aliphatic carbocycles. The van der Waals surface area contributed by atoms with E-state index in [1.165, 1.54) is 0 Å². The largest absolute Gasteiger partial charge is 0.484 e. The Morgan fingerprint density at radius 3 is 2.75 bits per heavy atom. The molecule has 1 aromatic carbocycles. The van der Waals surface area contributed by atoms with Crippen LogP contribution in [0.4, 0.5) is 0 Å². The number of nitrogens with zero attached hydrogens (tertiary/aromatic N) is 3. The molecule has 7 nitrogen and oxygen atoms in total. The first kappa shape index (κ1) is 18.4. The molecule has 1 saturated heterocycles. The molecule has 1 saturated carbocycles. The van der Waals surface area contributed by atoms with Gasteiger partial charge in [0.2, 0.25) is 0 Å². The predicted octanol–water partition coefficient (Wildman–Crippen LogP) is 2.42. The van der Waals surface area contributed by atoms with Crippen molar-refractivity contribution in [2.24, 2.45) is 0 Å². The zero-order valence-corrected chi connectivity index (χ0v) is 15.9. The smallest absolute Gasteiger partial charge is 0.261 e. The van der Waals surface area contributed by atoms with Crippen molar-refractivity contribution < 1.29 is 14.3 Å². The standard InChI is InChI=1S/C21H24N4O3/c1-14-22-12-17(21(27)24-15-9-10-15)20(23-14)18-8-5-11-25(18)19(26)13-28-16-6-3-2-4-7-16/h2-4,6-7,12,15,18H,5,8-11,13H2,1H3,(H,24,27). The lowest BCUT2D eigenvalue weighted by atomic mass is 10.1. The summed E-state index contributed by atoms with van der Waals surface area (Å²) in [5.74, 6) is 1.00. The number of rotatable bonds is 6. The highest BCUT2D eigenvalue weighted by Crippen LogP contribution is 2.33. The molecule has 0 spiro atoms. The summed E-state index contributed by atoms with van der Waals surface area (Å²) in [7, 11) is 0. The lowest BCUT2D eigenvalue weighted by molar-refractivity contribution is -0.134. The van der Waals surface area contributed by atoms with Crippen molar-refractivity contribution in [2.75, 3.05) is 13.2 Å². The maximum absolute atomic E-state index is 12.8. The van der Waals surface area contributed by atoms with Gasteiger partial charge in [0.1, 0.15) is 11.6 Å². The molecule has 4 rings (SSSR count). The van der Waals surface area contributed by atoms with Crippen LogP contribution in [0.1, 0.15) is 53.6 Å². The summed E-state index contributed by atoms with van der Waals surface area (Å²) in [4.78, 5) is 36.0. The molecular formula is C21H24N4O3. The second kappa shape index (κ2) is 7.96. The van der Waals surface area contributed by atoms with Crippen molar-refractivity contribution >= 4 is 11.8 Å². The average molecular weight is 380 g/mol. The van der Waals surface area contributed by atoms with Gasteiger partial charge in [-0.3, -0.25) is 9.59 Å². The van der Waals surface area contributed by atoms with Crippen molar-refractivity contribution in [3.63, 3.8) is 0 Å². The number of aromatic nitrogens is 2. The number of carbonyl (C=O) groups excluding carboxylic acids is 2. The molecular weight excluding hydrogens is 356 g/mol. The Labute approximate surface area is 164 Å². The molecule has 2 fully saturated rings. The highest BCUT2D eigenvalue weighted by Gasteiger charge is 2.35. The molecule has 2 aliphatic rings. The molecule has 1 aliphatic heterocycles. The Morgan fingerprint density at radius 2 is 2.00 bits per heavy atom. The van der Waals surface area contributed by atoms with E-state index in [4.69, 9.17) is 4.74 Å². The van der Waals surface area contributed by atoms with E-state index < -0.39 is 0 Å². The molecule has 1 atom stereocenters. The van der Waals surface area contributed by atoms with Crippen LogP contribution >= 0.6 is 0 Å². The van der Waals surface area contributed by atoms with Crippen LogP contribution in [0.2, 0.25) is 0 Å². The molecule has 1 unspecified atom stereocenters. The summed E-state index contributed by atoms with van der Waals surface area (Å²) in [5.41, 5.74) is 1.10. The van der Waals surface area contributed by atoms with E-state index in [-0.39, 0.29) is 30.5 Å². The fourth-order valence-corrected chi connectivity index (χ4v) is 3.50. The predicted molar refractivity (Wildman–Crippen MR) is 103 cm³/mol. The van der Waals surface area contributed by atoms with Gasteiger partial charge in [-0.05, 0) is 44.7 Å². The first-order valence-corrected chi connectivity index (χ1v) is 9.73. The fraction of sp³-hybridized carbons (Fsp3) is 0.429. The lowest BCUT2D eigenvalue weighted by Gasteiger charge is -2.26. The van der Waals surface area contributed by atoms with E-state index in [1.807, 2.05) is 30.3 Å². The van der Waals surface area contributed by atoms with Crippen LogP contribution in [0.25, 0.3) is 0 Å². The number of likely N-dealkylation sites (tertiary alicyclic amines) is 1. The minimum absolute atomic E-state index is 0.0335. The van der Waals surface area contributed by atoms with Crippen LogP contribution < -0.4 is 10.1 Å². The molecule has 7 heteroatoms. The average Bonchev–Trinajstić information content (AvgIpc) is 3.38. The van der Waals surface area contributed by atoms with Crippen molar-refractivity contribution in [1.82, 2.24) is 20.2 Å². The third-order valence-corrected chi connectivity index (χ3v) is 5.09. The third-order valence-electron chi connectivity index (χ3n) is 5.09. The van der Waals surface area contributed by atoms with Gasteiger partial charge in [-0.15, -0.1) is 0 Å². The fourth-order valence-electron chi connectivity index (χ4n) is 3.50. The quantitative estimate of drug-likeness (QED) is 0.832. The van der Waals surface area contributed by atoms with E-state index >= 15 is 0 Å². The Hall–Kier alpha value is -2.96. The molecule has 2 heterocycles. The Kier molecular flexibility index (Phi) is 5.23. The Bertz CT molecular complexity index is 867. The van der Waals surface area contributed by atoms with Gasteiger partial charge in [-0.25, -0.2) is 9.97 Å². The topological polar surface area (TPSA) is 84.4 Å². The van der Waals surface area contributed by atoms with Gasteiger partial charge in [-0.1, -0.05) is 18.2 Å². The number of benzene rings is 1. The van der Waals surface area contributed by atoms with Gasteiger partial charge < -0.3 is 15.0 Å². The van der Waals surface area contributed by atoms with Crippen molar-refractivity contribution in [2.45, 2.75) is 44.7 Å². The van der Waals surface area contributed by atoms with Crippen molar-refractivity contribution in [3.05, 3.63) is 53.6 Å². The van der Waals surface area contributed by atoms with Crippen LogP contribution in [0.5, 0.6) is 5.75 Å². The highest BCUT2D eigenvalue weighted by molar-refractivity contribution is 5.95. The van der Waals surface area contributed by atoms with E-state index in [1.54, 1.807) is 18.0 Å². The van der Waals surface area contributed by atoms with E-state index in [0.29, 0.717) is 29.4 Å². The van der Waals surface area contributed by atoms with Crippen LogP contribution in [0.15, 0.2) is 36.5 Å². The summed E-state index contributed by atoms with van der Waals surface area (Å²) in [6, 6.07) is 9.30. The first-order chi connectivity index (χ1) is 13.6. The molecule has 2 aromatic rings. The zero-order valence-electron chi connectivity index (χ0n) is 15.9. The maximum atomic E-state index is 12.8. The van der Waals surface area contributed by atoms with Gasteiger partial charge in [0.05, 0.1) is 17.3 Å². The van der Waals surface area contributed by atoms with E-state index in [9.17, 15) is 9.59 Å². The lowest BCUT2D eigenvalue weighted by Crippen LogP contribution is -2.36. The number of aryl methyl sites for hydroxylation is 1. The summed E-state index contributed by atoms with van der Waals surface area (Å²) in [5, 5.41) is 3.00. The number of carbonyl (C=O) groups is 2. The van der Waals surface area contributed by atoms with E-state index in [0.717, 1.165) is 25.7 Å². The first-order valence-electron chi connectivity index (χ1n) is 9.73. The monoisotopic (exact) mass is 380 g/mol. The minimum Gasteiger partial charge on any atom is -0.484 e. The molecule has 0 bridgehead atoms. The van der Waals surface area contributed by atoms with Gasteiger partial charge in [0.15, 0.2) is 6.61 Å². The summed E-state index contributed by atoms with van der Waals surface area (Å²) >= 11 is 0. The SMILES string of the molecule is Cc1ncc(C(=O)NC2CC2)c(C2CCCN2C(=O)COc2ccccc2)n1. The highest BCUT2D eigenvalue weighted by atomic mass is 16.5. The molecule has 146 valence electrons. The van der Waals surface area contributed by atoms with Crippen molar-refractivity contribution in [3.8, 4) is 5.75 Å². The van der Waals surface area contributed by atoms with Gasteiger partial charge in [0.25, 0.3) is 11.8 Å². The molecule has 1 aromatic heterocycles. The van der Waals surface area contributed by atoms with Crippen LogP contribution in [-0.4, -0.2) is 45.9 Å². The normalized spacial score (nSPS) is 18.8. The second-order valence-corrected chi connectivity index (χ2v) is 7.31. The number of nitrogens with one attached hydrogen (secondary N) is 1. The summed E-state index contributed by atoms with van der Waals surface area (Å²) in [6.07, 6.45) is 5.25. The van der Waals surface area contributed by atoms with Gasteiger partial charge in [0, 0.05) is 18.8 Å². The molecule has 2 amide bonds. The number of ether oxygens (including phenoxy) is 1. The van der Waals surface area contributed by atoms with Gasteiger partial charge >= 0.3 is 0 Å². The number of hydrogen-bond acceptors (Lipinski definition) is 5. The van der Waals surface area contributed by atoms with Gasteiger partial charge in [-0.2, -0.15) is 0 Å². The third kappa shape index (κ3) is 4.13. The Morgan fingerprint density at radius 1 is 1.21 bits per heavy atom. The van der Waals surface area contributed by atoms with Crippen LogP contribution in [0.3, 0.4) is 0 Å². The van der Waals surface area contributed by atoms with Crippen molar-refractivity contribution in [1.29, 1.82) is 0 Å². The minimum atomic E-state index is -0.228.